The van der Waals surface area contributed by atoms with E-state index in [0.717, 1.165) is 19.3 Å². The molecule has 1 rings (SSSR count). The van der Waals surface area contributed by atoms with Crippen LogP contribution in [0.1, 0.15) is 32.1 Å². The van der Waals surface area contributed by atoms with E-state index < -0.39 is 11.9 Å². The lowest BCUT2D eigenvalue weighted by atomic mass is 9.84. The third-order valence-electron chi connectivity index (χ3n) is 3.03. The van der Waals surface area contributed by atoms with Gasteiger partial charge < -0.3 is 15.7 Å². The molecule has 1 amide bonds. The van der Waals surface area contributed by atoms with Gasteiger partial charge in [0.05, 0.1) is 5.92 Å². The van der Waals surface area contributed by atoms with Crippen molar-refractivity contribution in [3.8, 4) is 0 Å². The van der Waals surface area contributed by atoms with Crippen LogP contribution in [0.25, 0.3) is 0 Å². The molecule has 0 spiro atoms. The van der Waals surface area contributed by atoms with E-state index in [2.05, 4.69) is 10.6 Å². The maximum Gasteiger partial charge on any atom is 0.308 e. The number of carbonyl (C=O) groups excluding carboxylic acids is 1. The van der Waals surface area contributed by atoms with E-state index in [9.17, 15) is 9.59 Å². The number of carbonyl (C=O) groups is 2. The van der Waals surface area contributed by atoms with E-state index in [1.807, 2.05) is 0 Å². The summed E-state index contributed by atoms with van der Waals surface area (Å²) in [5, 5.41) is 14.8. The van der Waals surface area contributed by atoms with Crippen molar-refractivity contribution in [2.75, 3.05) is 13.6 Å². The quantitative estimate of drug-likeness (QED) is 0.634. The Morgan fingerprint density at radius 1 is 1.31 bits per heavy atom. The molecule has 0 aromatic rings. The first kappa shape index (κ1) is 13.0. The molecular weight excluding hydrogens is 208 g/mol. The molecule has 0 saturated heterocycles. The first-order chi connectivity index (χ1) is 7.65. The minimum atomic E-state index is -0.793. The lowest BCUT2D eigenvalue weighted by Crippen LogP contribution is -2.45. The summed E-state index contributed by atoms with van der Waals surface area (Å²) in [6.45, 7) is 0.621. The Bertz CT molecular complexity index is 256. The second-order valence-corrected chi connectivity index (χ2v) is 4.26. The molecule has 1 fully saturated rings. The number of nitrogens with one attached hydrogen (secondary N) is 2. The molecule has 0 heterocycles. The fourth-order valence-corrected chi connectivity index (χ4v) is 2.12. The normalized spacial score (nSPS) is 25.1. The van der Waals surface area contributed by atoms with Gasteiger partial charge in [0.15, 0.2) is 0 Å². The average molecular weight is 228 g/mol. The number of aliphatic carboxylic acids is 1. The number of rotatable bonds is 5. The van der Waals surface area contributed by atoms with E-state index in [4.69, 9.17) is 5.11 Å². The molecule has 0 aromatic carbocycles. The van der Waals surface area contributed by atoms with Crippen LogP contribution in [0.15, 0.2) is 0 Å². The van der Waals surface area contributed by atoms with Crippen LogP contribution in [0.3, 0.4) is 0 Å². The van der Waals surface area contributed by atoms with E-state index in [1.54, 1.807) is 7.05 Å². The van der Waals surface area contributed by atoms with Gasteiger partial charge in [-0.1, -0.05) is 12.8 Å². The van der Waals surface area contributed by atoms with Gasteiger partial charge in [0, 0.05) is 19.0 Å². The maximum atomic E-state index is 11.5. The second kappa shape index (κ2) is 6.48. The third-order valence-corrected chi connectivity index (χ3v) is 3.03. The average Bonchev–Trinajstić information content (AvgIpc) is 2.27. The fraction of sp³-hybridized carbons (Fsp3) is 0.818. The molecule has 0 bridgehead atoms. The Morgan fingerprint density at radius 3 is 2.62 bits per heavy atom. The number of hydrogen-bond donors (Lipinski definition) is 3. The van der Waals surface area contributed by atoms with Gasteiger partial charge >= 0.3 is 5.97 Å². The van der Waals surface area contributed by atoms with E-state index in [0.29, 0.717) is 19.4 Å². The van der Waals surface area contributed by atoms with Gasteiger partial charge in [-0.3, -0.25) is 9.59 Å². The topological polar surface area (TPSA) is 78.4 Å². The smallest absolute Gasteiger partial charge is 0.308 e. The van der Waals surface area contributed by atoms with Crippen molar-refractivity contribution in [2.24, 2.45) is 5.92 Å². The predicted octanol–water partition coefficient (Wildman–Crippen LogP) is 0.355. The highest BCUT2D eigenvalue weighted by Gasteiger charge is 2.31. The SMILES string of the molecule is CNCCC(=O)NC1CCCCC1C(=O)O. The molecule has 2 atom stereocenters. The van der Waals surface area contributed by atoms with Gasteiger partial charge in [-0.25, -0.2) is 0 Å². The summed E-state index contributed by atoms with van der Waals surface area (Å²) in [5.74, 6) is -1.27. The zero-order valence-electron chi connectivity index (χ0n) is 9.66. The summed E-state index contributed by atoms with van der Waals surface area (Å²) >= 11 is 0. The largest absolute Gasteiger partial charge is 0.481 e. The van der Waals surface area contributed by atoms with Crippen LogP contribution in [0, 0.1) is 5.92 Å². The Balaban J connectivity index is 2.43. The van der Waals surface area contributed by atoms with Crippen LogP contribution < -0.4 is 10.6 Å². The molecule has 92 valence electrons. The number of carboxylic acids is 1. The molecule has 3 N–H and O–H groups in total. The number of hydrogen-bond acceptors (Lipinski definition) is 3. The minimum absolute atomic E-state index is 0.0625. The third kappa shape index (κ3) is 3.81. The molecule has 1 aliphatic carbocycles. The standard InChI is InChI=1S/C11H20N2O3/c1-12-7-6-10(14)13-9-5-3-2-4-8(9)11(15)16/h8-9,12H,2-7H2,1H3,(H,13,14)(H,15,16). The van der Waals surface area contributed by atoms with Crippen molar-refractivity contribution in [3.63, 3.8) is 0 Å². The Labute approximate surface area is 95.6 Å². The number of amides is 1. The van der Waals surface area contributed by atoms with Crippen LogP contribution in [0.5, 0.6) is 0 Å². The van der Waals surface area contributed by atoms with Crippen LogP contribution >= 0.6 is 0 Å². The van der Waals surface area contributed by atoms with Crippen molar-refractivity contribution in [3.05, 3.63) is 0 Å². The highest BCUT2D eigenvalue weighted by molar-refractivity contribution is 5.78. The maximum absolute atomic E-state index is 11.5. The summed E-state index contributed by atoms with van der Waals surface area (Å²) in [5.41, 5.74) is 0. The second-order valence-electron chi connectivity index (χ2n) is 4.26. The van der Waals surface area contributed by atoms with Gasteiger partial charge in [0.2, 0.25) is 5.91 Å². The molecule has 0 radical (unpaired) electrons. The molecular formula is C11H20N2O3. The molecule has 16 heavy (non-hydrogen) atoms. The van der Waals surface area contributed by atoms with Gasteiger partial charge in [0.25, 0.3) is 0 Å². The Hall–Kier alpha value is -1.10. The molecule has 1 saturated carbocycles. The van der Waals surface area contributed by atoms with Gasteiger partial charge in [-0.2, -0.15) is 0 Å². The Kier molecular flexibility index (Phi) is 5.25. The fourth-order valence-electron chi connectivity index (χ4n) is 2.12. The van der Waals surface area contributed by atoms with Crippen molar-refractivity contribution < 1.29 is 14.7 Å². The highest BCUT2D eigenvalue weighted by Crippen LogP contribution is 2.24. The summed E-state index contributed by atoms with van der Waals surface area (Å²) in [7, 11) is 1.79. The molecule has 0 aliphatic heterocycles. The minimum Gasteiger partial charge on any atom is -0.481 e. The summed E-state index contributed by atoms with van der Waals surface area (Å²) < 4.78 is 0. The zero-order valence-corrected chi connectivity index (χ0v) is 9.66. The van der Waals surface area contributed by atoms with E-state index in [1.165, 1.54) is 0 Å². The van der Waals surface area contributed by atoms with Gasteiger partial charge in [0.1, 0.15) is 0 Å². The summed E-state index contributed by atoms with van der Waals surface area (Å²) in [6, 6.07) is -0.185. The van der Waals surface area contributed by atoms with Crippen molar-refractivity contribution in [1.29, 1.82) is 0 Å². The first-order valence-corrected chi connectivity index (χ1v) is 5.82. The van der Waals surface area contributed by atoms with E-state index in [-0.39, 0.29) is 11.9 Å². The van der Waals surface area contributed by atoms with Crippen LogP contribution in [0.4, 0.5) is 0 Å². The number of carboxylic acid groups (broad SMARTS) is 1. The van der Waals surface area contributed by atoms with E-state index >= 15 is 0 Å². The van der Waals surface area contributed by atoms with Crippen LogP contribution in [-0.4, -0.2) is 36.6 Å². The first-order valence-electron chi connectivity index (χ1n) is 5.82. The monoisotopic (exact) mass is 228 g/mol. The van der Waals surface area contributed by atoms with Crippen molar-refractivity contribution >= 4 is 11.9 Å². The zero-order chi connectivity index (χ0) is 12.0. The molecule has 5 nitrogen and oxygen atoms in total. The Morgan fingerprint density at radius 2 is 2.00 bits per heavy atom. The molecule has 0 aromatic heterocycles. The molecule has 1 aliphatic rings. The lowest BCUT2D eigenvalue weighted by Gasteiger charge is -2.29. The summed E-state index contributed by atoms with van der Waals surface area (Å²) in [4.78, 5) is 22.5. The van der Waals surface area contributed by atoms with Crippen LogP contribution in [-0.2, 0) is 9.59 Å². The molecule has 5 heteroatoms. The van der Waals surface area contributed by atoms with Gasteiger partial charge in [-0.05, 0) is 19.9 Å². The predicted molar refractivity (Wildman–Crippen MR) is 60.1 cm³/mol. The summed E-state index contributed by atoms with van der Waals surface area (Å²) in [6.07, 6.45) is 3.80. The van der Waals surface area contributed by atoms with Crippen molar-refractivity contribution in [2.45, 2.75) is 38.1 Å². The van der Waals surface area contributed by atoms with Gasteiger partial charge in [-0.15, -0.1) is 0 Å². The molecule has 2 unspecified atom stereocenters. The lowest BCUT2D eigenvalue weighted by molar-refractivity contribution is -0.144. The highest BCUT2D eigenvalue weighted by atomic mass is 16.4. The van der Waals surface area contributed by atoms with Crippen LogP contribution in [0.2, 0.25) is 0 Å². The van der Waals surface area contributed by atoms with Crippen molar-refractivity contribution in [1.82, 2.24) is 10.6 Å².